The molecule has 1 aliphatic heterocycles. The quantitative estimate of drug-likeness (QED) is 0.803. The van der Waals surface area contributed by atoms with Crippen molar-refractivity contribution in [3.05, 3.63) is 59.1 Å². The second kappa shape index (κ2) is 7.58. The van der Waals surface area contributed by atoms with Crippen LogP contribution in [-0.4, -0.2) is 38.4 Å². The fourth-order valence-electron chi connectivity index (χ4n) is 2.96. The number of nitrogens with zero attached hydrogens (tertiary/aromatic N) is 1. The van der Waals surface area contributed by atoms with E-state index in [2.05, 4.69) is 21.2 Å². The van der Waals surface area contributed by atoms with Gasteiger partial charge in [0, 0.05) is 15.8 Å². The Labute approximate surface area is 156 Å². The number of para-hydroxylation sites is 1. The minimum Gasteiger partial charge on any atom is -0.376 e. The standard InChI is InChI=1S/C18H19BrN2O3S/c19-14-6-8-15(9-7-14)20-12-18(22)21(16-4-2-1-3-5-16)17-10-11-25(23,24)13-17/h1-9,17,20H,10-13H2/t17-/m0/s1. The average molecular weight is 423 g/mol. The summed E-state index contributed by atoms with van der Waals surface area (Å²) in [6.07, 6.45) is 0.473. The molecule has 1 N–H and O–H groups in total. The topological polar surface area (TPSA) is 66.5 Å². The third-order valence-corrected chi connectivity index (χ3v) is 6.44. The molecule has 132 valence electrons. The van der Waals surface area contributed by atoms with Crippen LogP contribution in [0, 0.1) is 0 Å². The molecule has 5 nitrogen and oxygen atoms in total. The number of sulfone groups is 1. The molecule has 0 radical (unpaired) electrons. The molecule has 0 spiro atoms. The normalized spacial score (nSPS) is 18.7. The maximum Gasteiger partial charge on any atom is 0.246 e. The molecule has 0 saturated carbocycles. The Hall–Kier alpha value is -1.86. The van der Waals surface area contributed by atoms with Crippen molar-refractivity contribution in [1.29, 1.82) is 0 Å². The molecule has 2 aromatic rings. The molecule has 7 heteroatoms. The molecule has 0 aromatic heterocycles. The van der Waals surface area contributed by atoms with Gasteiger partial charge in [-0.05, 0) is 42.8 Å². The maximum absolute atomic E-state index is 12.8. The van der Waals surface area contributed by atoms with E-state index in [-0.39, 0.29) is 30.0 Å². The Bertz CT molecular complexity index is 838. The molecule has 1 fully saturated rings. The fourth-order valence-corrected chi connectivity index (χ4v) is 4.92. The third-order valence-electron chi connectivity index (χ3n) is 4.16. The number of rotatable bonds is 5. The number of hydrogen-bond donors (Lipinski definition) is 1. The van der Waals surface area contributed by atoms with Gasteiger partial charge in [-0.2, -0.15) is 0 Å². The zero-order valence-corrected chi connectivity index (χ0v) is 16.0. The van der Waals surface area contributed by atoms with Crippen LogP contribution in [0.3, 0.4) is 0 Å². The van der Waals surface area contributed by atoms with Crippen molar-refractivity contribution in [3.8, 4) is 0 Å². The number of amides is 1. The molecule has 1 saturated heterocycles. The van der Waals surface area contributed by atoms with Crippen molar-refractivity contribution in [1.82, 2.24) is 0 Å². The Morgan fingerprint density at radius 3 is 2.40 bits per heavy atom. The van der Waals surface area contributed by atoms with Crippen LogP contribution < -0.4 is 10.2 Å². The Morgan fingerprint density at radius 2 is 1.80 bits per heavy atom. The molecule has 0 unspecified atom stereocenters. The second-order valence-electron chi connectivity index (χ2n) is 6.02. The van der Waals surface area contributed by atoms with E-state index in [1.165, 1.54) is 0 Å². The molecule has 2 aromatic carbocycles. The van der Waals surface area contributed by atoms with Crippen LogP contribution in [0.4, 0.5) is 11.4 Å². The lowest BCUT2D eigenvalue weighted by molar-refractivity contribution is -0.117. The number of carbonyl (C=O) groups excluding carboxylic acids is 1. The first kappa shape index (κ1) is 17.9. The van der Waals surface area contributed by atoms with Crippen LogP contribution in [0.15, 0.2) is 59.1 Å². The summed E-state index contributed by atoms with van der Waals surface area (Å²) in [6, 6.07) is 16.5. The lowest BCUT2D eigenvalue weighted by Gasteiger charge is -2.28. The molecule has 1 heterocycles. The molecule has 1 aliphatic rings. The number of anilines is 2. The van der Waals surface area contributed by atoms with Gasteiger partial charge in [-0.15, -0.1) is 0 Å². The van der Waals surface area contributed by atoms with Gasteiger partial charge >= 0.3 is 0 Å². The molecule has 0 bridgehead atoms. The summed E-state index contributed by atoms with van der Waals surface area (Å²) in [7, 11) is -3.07. The van der Waals surface area contributed by atoms with Gasteiger partial charge < -0.3 is 10.2 Å². The van der Waals surface area contributed by atoms with Crippen LogP contribution in [0.25, 0.3) is 0 Å². The van der Waals surface area contributed by atoms with Crippen molar-refractivity contribution >= 4 is 43.0 Å². The van der Waals surface area contributed by atoms with Gasteiger partial charge in [-0.25, -0.2) is 8.42 Å². The van der Waals surface area contributed by atoms with E-state index in [4.69, 9.17) is 0 Å². The second-order valence-corrected chi connectivity index (χ2v) is 9.16. The minimum absolute atomic E-state index is 0.0198. The summed E-state index contributed by atoms with van der Waals surface area (Å²) in [6.45, 7) is 0.104. The van der Waals surface area contributed by atoms with E-state index in [1.807, 2.05) is 54.6 Å². The van der Waals surface area contributed by atoms with E-state index in [0.29, 0.717) is 6.42 Å². The van der Waals surface area contributed by atoms with Crippen LogP contribution in [-0.2, 0) is 14.6 Å². The van der Waals surface area contributed by atoms with Crippen molar-refractivity contribution < 1.29 is 13.2 Å². The number of halogens is 1. The molecular weight excluding hydrogens is 404 g/mol. The summed E-state index contributed by atoms with van der Waals surface area (Å²) in [4.78, 5) is 14.5. The van der Waals surface area contributed by atoms with E-state index in [1.54, 1.807) is 4.90 Å². The molecule has 25 heavy (non-hydrogen) atoms. The first-order valence-corrected chi connectivity index (χ1v) is 10.6. The van der Waals surface area contributed by atoms with Crippen LogP contribution >= 0.6 is 15.9 Å². The van der Waals surface area contributed by atoms with Crippen molar-refractivity contribution in [2.45, 2.75) is 12.5 Å². The number of benzene rings is 2. The zero-order valence-electron chi connectivity index (χ0n) is 13.6. The highest BCUT2D eigenvalue weighted by Gasteiger charge is 2.35. The first-order valence-electron chi connectivity index (χ1n) is 8.01. The van der Waals surface area contributed by atoms with E-state index in [0.717, 1.165) is 15.8 Å². The highest BCUT2D eigenvalue weighted by Crippen LogP contribution is 2.24. The predicted octanol–water partition coefficient (Wildman–Crippen LogP) is 3.08. The molecule has 0 aliphatic carbocycles. The summed E-state index contributed by atoms with van der Waals surface area (Å²) in [5.41, 5.74) is 1.57. The highest BCUT2D eigenvalue weighted by molar-refractivity contribution is 9.10. The summed E-state index contributed by atoms with van der Waals surface area (Å²) >= 11 is 3.37. The van der Waals surface area contributed by atoms with Gasteiger partial charge in [-0.3, -0.25) is 4.79 Å². The number of hydrogen-bond acceptors (Lipinski definition) is 4. The lowest BCUT2D eigenvalue weighted by Crippen LogP contribution is -2.44. The highest BCUT2D eigenvalue weighted by atomic mass is 79.9. The summed E-state index contributed by atoms with van der Waals surface area (Å²) in [5, 5.41) is 3.10. The van der Waals surface area contributed by atoms with Crippen molar-refractivity contribution in [3.63, 3.8) is 0 Å². The van der Waals surface area contributed by atoms with Crippen LogP contribution in [0.1, 0.15) is 6.42 Å². The smallest absolute Gasteiger partial charge is 0.246 e. The largest absolute Gasteiger partial charge is 0.376 e. The van der Waals surface area contributed by atoms with Crippen molar-refractivity contribution in [2.24, 2.45) is 0 Å². The van der Waals surface area contributed by atoms with Gasteiger partial charge in [0.2, 0.25) is 5.91 Å². The average Bonchev–Trinajstić information content (AvgIpc) is 2.95. The van der Waals surface area contributed by atoms with E-state index in [9.17, 15) is 13.2 Å². The molecular formula is C18H19BrN2O3S. The zero-order chi connectivity index (χ0) is 17.9. The Kier molecular flexibility index (Phi) is 5.44. The lowest BCUT2D eigenvalue weighted by atomic mass is 10.1. The number of nitrogens with one attached hydrogen (secondary N) is 1. The van der Waals surface area contributed by atoms with Crippen LogP contribution in [0.2, 0.25) is 0 Å². The van der Waals surface area contributed by atoms with Gasteiger partial charge in [0.05, 0.1) is 24.1 Å². The first-order chi connectivity index (χ1) is 11.9. The van der Waals surface area contributed by atoms with Gasteiger partial charge in [0.1, 0.15) is 0 Å². The fraction of sp³-hybridized carbons (Fsp3) is 0.278. The SMILES string of the molecule is O=C(CNc1ccc(Br)cc1)N(c1ccccc1)[C@H]1CCS(=O)(=O)C1. The van der Waals surface area contributed by atoms with E-state index >= 15 is 0 Å². The Morgan fingerprint density at radius 1 is 1.12 bits per heavy atom. The van der Waals surface area contributed by atoms with Gasteiger partial charge in [0.25, 0.3) is 0 Å². The van der Waals surface area contributed by atoms with E-state index < -0.39 is 9.84 Å². The van der Waals surface area contributed by atoms with Crippen LogP contribution in [0.5, 0.6) is 0 Å². The van der Waals surface area contributed by atoms with Gasteiger partial charge in [0.15, 0.2) is 9.84 Å². The third kappa shape index (κ3) is 4.61. The molecule has 1 amide bonds. The molecule has 3 rings (SSSR count). The monoisotopic (exact) mass is 422 g/mol. The maximum atomic E-state index is 12.8. The number of carbonyl (C=O) groups is 1. The predicted molar refractivity (Wildman–Crippen MR) is 104 cm³/mol. The molecule has 1 atom stereocenters. The van der Waals surface area contributed by atoms with Crippen molar-refractivity contribution in [2.75, 3.05) is 28.3 Å². The van der Waals surface area contributed by atoms with Gasteiger partial charge in [-0.1, -0.05) is 34.1 Å². The minimum atomic E-state index is -3.07. The summed E-state index contributed by atoms with van der Waals surface area (Å²) < 4.78 is 24.7. The Balaban J connectivity index is 1.76. The summed E-state index contributed by atoms with van der Waals surface area (Å²) in [5.74, 6) is 0.0107.